The van der Waals surface area contributed by atoms with Gasteiger partial charge in [-0.1, -0.05) is 12.1 Å². The van der Waals surface area contributed by atoms with Crippen LogP contribution in [0.2, 0.25) is 0 Å². The van der Waals surface area contributed by atoms with Crippen LogP contribution in [0.1, 0.15) is 45.5 Å². The monoisotopic (exact) mass is 391 g/mol. The van der Waals surface area contributed by atoms with Crippen LogP contribution in [0.25, 0.3) is 0 Å². The van der Waals surface area contributed by atoms with Gasteiger partial charge in [0.15, 0.2) is 0 Å². The fourth-order valence-electron chi connectivity index (χ4n) is 3.82. The van der Waals surface area contributed by atoms with Gasteiger partial charge in [0, 0.05) is 24.3 Å². The Balaban J connectivity index is 1.44. The van der Waals surface area contributed by atoms with Crippen LogP contribution in [-0.4, -0.2) is 41.6 Å². The van der Waals surface area contributed by atoms with Crippen LogP contribution < -0.4 is 10.2 Å². The first-order valence-corrected chi connectivity index (χ1v) is 9.62. The zero-order chi connectivity index (χ0) is 20.5. The average Bonchev–Trinajstić information content (AvgIpc) is 2.94. The quantitative estimate of drug-likeness (QED) is 0.812. The summed E-state index contributed by atoms with van der Waals surface area (Å²) in [6.45, 7) is 2.24. The summed E-state index contributed by atoms with van der Waals surface area (Å²) >= 11 is 0. The van der Waals surface area contributed by atoms with E-state index in [1.807, 2.05) is 13.0 Å². The normalized spacial score (nSPS) is 16.2. The largest absolute Gasteiger partial charge is 0.325 e. The SMILES string of the molecule is Cc1cc(NC(=O)CN2C(=O)c3ccccc3C2=O)ccc1N1CCCCC1=O. The first kappa shape index (κ1) is 18.9. The van der Waals surface area contributed by atoms with Crippen LogP contribution in [0.4, 0.5) is 11.4 Å². The molecule has 7 heteroatoms. The van der Waals surface area contributed by atoms with Crippen molar-refractivity contribution in [3.8, 4) is 0 Å². The van der Waals surface area contributed by atoms with E-state index in [2.05, 4.69) is 5.32 Å². The molecule has 2 aromatic rings. The van der Waals surface area contributed by atoms with Crippen LogP contribution in [0.3, 0.4) is 0 Å². The third-order valence-electron chi connectivity index (χ3n) is 5.27. The topological polar surface area (TPSA) is 86.8 Å². The summed E-state index contributed by atoms with van der Waals surface area (Å²) in [6, 6.07) is 11.9. The molecule has 0 saturated carbocycles. The fraction of sp³-hybridized carbons (Fsp3) is 0.273. The van der Waals surface area contributed by atoms with Gasteiger partial charge in [0.1, 0.15) is 6.54 Å². The predicted molar refractivity (Wildman–Crippen MR) is 108 cm³/mol. The standard InChI is InChI=1S/C22H21N3O4/c1-14-12-15(9-10-18(14)24-11-5-4-8-20(24)27)23-19(26)13-25-21(28)16-6-2-3-7-17(16)22(25)29/h2-3,6-7,9-10,12H,4-5,8,11,13H2,1H3,(H,23,26). The average molecular weight is 391 g/mol. The van der Waals surface area contributed by atoms with Crippen LogP contribution in [-0.2, 0) is 9.59 Å². The predicted octanol–water partition coefficient (Wildman–Crippen LogP) is 2.75. The van der Waals surface area contributed by atoms with Crippen molar-refractivity contribution >= 4 is 35.0 Å². The molecule has 0 aliphatic carbocycles. The summed E-state index contributed by atoms with van der Waals surface area (Å²) in [5.74, 6) is -1.27. The number of imide groups is 1. The molecule has 1 fully saturated rings. The van der Waals surface area contributed by atoms with E-state index in [0.717, 1.165) is 29.0 Å². The lowest BCUT2D eigenvalue weighted by molar-refractivity contribution is -0.119. The van der Waals surface area contributed by atoms with Crippen molar-refractivity contribution in [1.29, 1.82) is 0 Å². The summed E-state index contributed by atoms with van der Waals surface area (Å²) in [5, 5.41) is 2.73. The number of anilines is 2. The van der Waals surface area contributed by atoms with Gasteiger partial charge in [-0.3, -0.25) is 24.1 Å². The zero-order valence-corrected chi connectivity index (χ0v) is 16.1. The van der Waals surface area contributed by atoms with Gasteiger partial charge in [-0.05, 0) is 55.7 Å². The van der Waals surface area contributed by atoms with Crippen molar-refractivity contribution in [1.82, 2.24) is 4.90 Å². The second-order valence-corrected chi connectivity index (χ2v) is 7.29. The van der Waals surface area contributed by atoms with Crippen molar-refractivity contribution in [2.24, 2.45) is 0 Å². The van der Waals surface area contributed by atoms with Gasteiger partial charge in [0.05, 0.1) is 11.1 Å². The maximum absolute atomic E-state index is 12.4. The molecule has 1 N–H and O–H groups in total. The molecule has 2 aliphatic rings. The Bertz CT molecular complexity index is 995. The van der Waals surface area contributed by atoms with Crippen molar-refractivity contribution in [2.75, 3.05) is 23.3 Å². The van der Waals surface area contributed by atoms with E-state index in [4.69, 9.17) is 0 Å². The highest BCUT2D eigenvalue weighted by atomic mass is 16.2. The van der Waals surface area contributed by atoms with Crippen molar-refractivity contribution in [3.63, 3.8) is 0 Å². The van der Waals surface area contributed by atoms with Gasteiger partial charge in [-0.15, -0.1) is 0 Å². The number of aryl methyl sites for hydroxylation is 1. The molecule has 0 atom stereocenters. The van der Waals surface area contributed by atoms with E-state index < -0.39 is 17.7 Å². The minimum atomic E-state index is -0.462. The van der Waals surface area contributed by atoms with E-state index in [1.165, 1.54) is 0 Å². The Morgan fingerprint density at radius 3 is 2.31 bits per heavy atom. The zero-order valence-electron chi connectivity index (χ0n) is 16.1. The molecule has 0 unspecified atom stereocenters. The molecule has 148 valence electrons. The van der Waals surface area contributed by atoms with Gasteiger partial charge in [-0.2, -0.15) is 0 Å². The second kappa shape index (κ2) is 7.50. The van der Waals surface area contributed by atoms with E-state index >= 15 is 0 Å². The number of benzene rings is 2. The first-order chi connectivity index (χ1) is 14.0. The molecular formula is C22H21N3O4. The number of amides is 4. The van der Waals surface area contributed by atoms with Crippen LogP contribution in [0.15, 0.2) is 42.5 Å². The van der Waals surface area contributed by atoms with E-state index in [0.29, 0.717) is 29.8 Å². The summed E-state index contributed by atoms with van der Waals surface area (Å²) in [7, 11) is 0. The molecule has 29 heavy (non-hydrogen) atoms. The van der Waals surface area contributed by atoms with E-state index in [9.17, 15) is 19.2 Å². The van der Waals surface area contributed by atoms with E-state index in [1.54, 1.807) is 41.3 Å². The maximum atomic E-state index is 12.4. The Morgan fingerprint density at radius 1 is 1.00 bits per heavy atom. The molecule has 0 radical (unpaired) electrons. The van der Waals surface area contributed by atoms with Gasteiger partial charge in [0.25, 0.3) is 11.8 Å². The number of rotatable bonds is 4. The Labute approximate surface area is 168 Å². The van der Waals surface area contributed by atoms with Crippen LogP contribution in [0, 0.1) is 6.92 Å². The lowest BCUT2D eigenvalue weighted by Gasteiger charge is -2.28. The number of nitrogens with one attached hydrogen (secondary N) is 1. The van der Waals surface area contributed by atoms with Gasteiger partial charge >= 0.3 is 0 Å². The molecule has 2 heterocycles. The third-order valence-corrected chi connectivity index (χ3v) is 5.27. The van der Waals surface area contributed by atoms with Gasteiger partial charge < -0.3 is 10.2 Å². The van der Waals surface area contributed by atoms with Crippen LogP contribution >= 0.6 is 0 Å². The Hall–Kier alpha value is -3.48. The number of nitrogens with zero attached hydrogens (tertiary/aromatic N) is 2. The summed E-state index contributed by atoms with van der Waals surface area (Å²) < 4.78 is 0. The molecule has 4 rings (SSSR count). The van der Waals surface area contributed by atoms with Crippen LogP contribution in [0.5, 0.6) is 0 Å². The minimum Gasteiger partial charge on any atom is -0.325 e. The fourth-order valence-corrected chi connectivity index (χ4v) is 3.82. The highest BCUT2D eigenvalue weighted by Gasteiger charge is 2.36. The Kier molecular flexibility index (Phi) is 4.88. The highest BCUT2D eigenvalue weighted by molar-refractivity contribution is 6.22. The number of hydrogen-bond donors (Lipinski definition) is 1. The molecule has 4 amide bonds. The number of hydrogen-bond acceptors (Lipinski definition) is 4. The molecule has 2 aliphatic heterocycles. The molecule has 0 bridgehead atoms. The van der Waals surface area contributed by atoms with Crippen molar-refractivity contribution in [3.05, 3.63) is 59.2 Å². The molecular weight excluding hydrogens is 370 g/mol. The van der Waals surface area contributed by atoms with Crippen molar-refractivity contribution < 1.29 is 19.2 Å². The molecule has 7 nitrogen and oxygen atoms in total. The lowest BCUT2D eigenvalue weighted by atomic mass is 10.1. The maximum Gasteiger partial charge on any atom is 0.262 e. The van der Waals surface area contributed by atoms with Gasteiger partial charge in [0.2, 0.25) is 11.8 Å². The summed E-state index contributed by atoms with van der Waals surface area (Å²) in [4.78, 5) is 52.1. The summed E-state index contributed by atoms with van der Waals surface area (Å²) in [5.41, 5.74) is 2.90. The van der Waals surface area contributed by atoms with E-state index in [-0.39, 0.29) is 12.5 Å². The highest BCUT2D eigenvalue weighted by Crippen LogP contribution is 2.27. The van der Waals surface area contributed by atoms with Crippen molar-refractivity contribution in [2.45, 2.75) is 26.2 Å². The number of carbonyl (C=O) groups excluding carboxylic acids is 4. The summed E-state index contributed by atoms with van der Waals surface area (Å²) in [6.07, 6.45) is 2.45. The molecule has 0 spiro atoms. The third kappa shape index (κ3) is 3.51. The van der Waals surface area contributed by atoms with Gasteiger partial charge in [-0.25, -0.2) is 0 Å². The lowest BCUT2D eigenvalue weighted by Crippen LogP contribution is -2.37. The molecule has 0 aromatic heterocycles. The number of carbonyl (C=O) groups is 4. The number of fused-ring (bicyclic) bond motifs is 1. The smallest absolute Gasteiger partial charge is 0.262 e. The first-order valence-electron chi connectivity index (χ1n) is 9.62. The molecule has 2 aromatic carbocycles. The minimum absolute atomic E-state index is 0.113. The molecule has 1 saturated heterocycles. The Morgan fingerprint density at radius 2 is 1.69 bits per heavy atom. The number of piperidine rings is 1. The second-order valence-electron chi connectivity index (χ2n) is 7.29.